The number of aromatic nitrogens is 1. The van der Waals surface area contributed by atoms with Gasteiger partial charge < -0.3 is 14.6 Å². The summed E-state index contributed by atoms with van der Waals surface area (Å²) < 4.78 is 10.6. The highest BCUT2D eigenvalue weighted by molar-refractivity contribution is 5.20. The van der Waals surface area contributed by atoms with E-state index in [4.69, 9.17) is 9.26 Å². The fourth-order valence-corrected chi connectivity index (χ4v) is 1.99. The molecule has 0 saturated carbocycles. The molecule has 1 aromatic heterocycles. The zero-order chi connectivity index (χ0) is 10.8. The first-order valence-electron chi connectivity index (χ1n) is 5.45. The molecule has 2 rings (SSSR count). The summed E-state index contributed by atoms with van der Waals surface area (Å²) >= 11 is 0. The maximum Gasteiger partial charge on any atom is 0.138 e. The molecule has 0 bridgehead atoms. The zero-order valence-corrected chi connectivity index (χ0v) is 9.54. The van der Waals surface area contributed by atoms with Crippen molar-refractivity contribution in [3.05, 3.63) is 17.0 Å². The molecule has 2 heterocycles. The lowest BCUT2D eigenvalue weighted by Crippen LogP contribution is -2.34. The third-order valence-corrected chi connectivity index (χ3v) is 3.10. The van der Waals surface area contributed by atoms with Crippen molar-refractivity contribution < 1.29 is 9.26 Å². The Morgan fingerprint density at radius 3 is 2.80 bits per heavy atom. The number of nitrogens with one attached hydrogen (secondary N) is 1. The van der Waals surface area contributed by atoms with Crippen LogP contribution in [0, 0.1) is 13.8 Å². The van der Waals surface area contributed by atoms with Gasteiger partial charge in [-0.05, 0) is 27.2 Å². The molecule has 1 fully saturated rings. The molecule has 1 saturated heterocycles. The molecule has 0 unspecified atom stereocenters. The Morgan fingerprint density at radius 1 is 1.47 bits per heavy atom. The standard InChI is InChI=1S/C11H18N2O2/c1-7-10(8(2)15-13-7)6-12-11-4-5-14-9(11)3/h9,11-12H,4-6H2,1-3H3/t9-,11+/m0/s1. The summed E-state index contributed by atoms with van der Waals surface area (Å²) in [7, 11) is 0. The molecule has 2 atom stereocenters. The monoisotopic (exact) mass is 210 g/mol. The fraction of sp³-hybridized carbons (Fsp3) is 0.727. The van der Waals surface area contributed by atoms with Crippen LogP contribution >= 0.6 is 0 Å². The Morgan fingerprint density at radius 2 is 2.27 bits per heavy atom. The van der Waals surface area contributed by atoms with Gasteiger partial charge >= 0.3 is 0 Å². The maximum absolute atomic E-state index is 5.49. The predicted octanol–water partition coefficient (Wildman–Crippen LogP) is 1.56. The minimum absolute atomic E-state index is 0.311. The van der Waals surface area contributed by atoms with E-state index in [9.17, 15) is 0 Å². The number of ether oxygens (including phenoxy) is 1. The van der Waals surface area contributed by atoms with Gasteiger partial charge in [0.1, 0.15) is 5.76 Å². The Hall–Kier alpha value is -0.870. The first-order chi connectivity index (χ1) is 7.18. The van der Waals surface area contributed by atoms with Crippen LogP contribution in [0.1, 0.15) is 30.4 Å². The van der Waals surface area contributed by atoms with Crippen molar-refractivity contribution in [2.75, 3.05) is 6.61 Å². The van der Waals surface area contributed by atoms with E-state index < -0.39 is 0 Å². The van der Waals surface area contributed by atoms with Crippen LogP contribution in [0.5, 0.6) is 0 Å². The molecule has 0 aromatic carbocycles. The van der Waals surface area contributed by atoms with Crippen molar-refractivity contribution in [2.45, 2.75) is 45.9 Å². The molecule has 0 spiro atoms. The Bertz CT molecular complexity index is 316. The number of nitrogens with zero attached hydrogens (tertiary/aromatic N) is 1. The van der Waals surface area contributed by atoms with Gasteiger partial charge in [0.05, 0.1) is 11.8 Å². The third-order valence-electron chi connectivity index (χ3n) is 3.10. The molecule has 1 N–H and O–H groups in total. The lowest BCUT2D eigenvalue weighted by atomic mass is 10.1. The Labute approximate surface area is 90.0 Å². The van der Waals surface area contributed by atoms with Crippen molar-refractivity contribution in [3.63, 3.8) is 0 Å². The molecular weight excluding hydrogens is 192 g/mol. The van der Waals surface area contributed by atoms with Crippen LogP contribution in [0.15, 0.2) is 4.52 Å². The first-order valence-corrected chi connectivity index (χ1v) is 5.45. The normalized spacial score (nSPS) is 26.1. The number of aryl methyl sites for hydroxylation is 2. The van der Waals surface area contributed by atoms with Gasteiger partial charge in [-0.2, -0.15) is 0 Å². The summed E-state index contributed by atoms with van der Waals surface area (Å²) in [6, 6.07) is 0.457. The lowest BCUT2D eigenvalue weighted by molar-refractivity contribution is 0.113. The number of hydrogen-bond acceptors (Lipinski definition) is 4. The molecule has 4 heteroatoms. The average Bonchev–Trinajstić information content (AvgIpc) is 2.73. The number of rotatable bonds is 3. The summed E-state index contributed by atoms with van der Waals surface area (Å²) in [6.45, 7) is 7.71. The molecule has 0 aliphatic carbocycles. The minimum atomic E-state index is 0.311. The van der Waals surface area contributed by atoms with E-state index in [0.29, 0.717) is 12.1 Å². The zero-order valence-electron chi connectivity index (χ0n) is 9.54. The highest BCUT2D eigenvalue weighted by Crippen LogP contribution is 2.16. The SMILES string of the molecule is Cc1noc(C)c1CN[C@@H]1CCO[C@H]1C. The van der Waals surface area contributed by atoms with Crippen LogP contribution in [0.25, 0.3) is 0 Å². The highest BCUT2D eigenvalue weighted by Gasteiger charge is 2.24. The van der Waals surface area contributed by atoms with Crippen molar-refractivity contribution in [2.24, 2.45) is 0 Å². The second-order valence-corrected chi connectivity index (χ2v) is 4.15. The predicted molar refractivity (Wildman–Crippen MR) is 56.6 cm³/mol. The molecule has 1 aliphatic heterocycles. The van der Waals surface area contributed by atoms with Gasteiger partial charge in [-0.25, -0.2) is 0 Å². The van der Waals surface area contributed by atoms with Crippen molar-refractivity contribution in [1.82, 2.24) is 10.5 Å². The molecule has 1 aliphatic rings. The molecule has 84 valence electrons. The lowest BCUT2D eigenvalue weighted by Gasteiger charge is -2.15. The first kappa shape index (κ1) is 10.6. The molecule has 1 aromatic rings. The average molecular weight is 210 g/mol. The van der Waals surface area contributed by atoms with E-state index in [-0.39, 0.29) is 0 Å². The van der Waals surface area contributed by atoms with Crippen molar-refractivity contribution in [3.8, 4) is 0 Å². The van der Waals surface area contributed by atoms with Crippen molar-refractivity contribution >= 4 is 0 Å². The van der Waals surface area contributed by atoms with Crippen LogP contribution in [0.4, 0.5) is 0 Å². The second-order valence-electron chi connectivity index (χ2n) is 4.15. The van der Waals surface area contributed by atoms with Gasteiger partial charge in [-0.1, -0.05) is 5.16 Å². The van der Waals surface area contributed by atoms with E-state index in [1.54, 1.807) is 0 Å². The van der Waals surface area contributed by atoms with Gasteiger partial charge in [-0.15, -0.1) is 0 Å². The summed E-state index contributed by atoms with van der Waals surface area (Å²) in [6.07, 6.45) is 1.40. The summed E-state index contributed by atoms with van der Waals surface area (Å²) in [4.78, 5) is 0. The van der Waals surface area contributed by atoms with Crippen LogP contribution < -0.4 is 5.32 Å². The summed E-state index contributed by atoms with van der Waals surface area (Å²) in [5, 5.41) is 7.42. The van der Waals surface area contributed by atoms with Gasteiger partial charge in [0.2, 0.25) is 0 Å². The van der Waals surface area contributed by atoms with E-state index >= 15 is 0 Å². The summed E-state index contributed by atoms with van der Waals surface area (Å²) in [5.41, 5.74) is 2.15. The fourth-order valence-electron chi connectivity index (χ4n) is 1.99. The van der Waals surface area contributed by atoms with E-state index in [1.807, 2.05) is 13.8 Å². The summed E-state index contributed by atoms with van der Waals surface area (Å²) in [5.74, 6) is 0.909. The maximum atomic E-state index is 5.49. The van der Waals surface area contributed by atoms with Crippen LogP contribution in [0.3, 0.4) is 0 Å². The van der Waals surface area contributed by atoms with E-state index in [0.717, 1.165) is 31.0 Å². The quantitative estimate of drug-likeness (QED) is 0.822. The van der Waals surface area contributed by atoms with Crippen LogP contribution in [-0.2, 0) is 11.3 Å². The molecule has 15 heavy (non-hydrogen) atoms. The van der Waals surface area contributed by atoms with Gasteiger partial charge in [0, 0.05) is 24.8 Å². The smallest absolute Gasteiger partial charge is 0.138 e. The molecule has 4 nitrogen and oxygen atoms in total. The van der Waals surface area contributed by atoms with Crippen molar-refractivity contribution in [1.29, 1.82) is 0 Å². The van der Waals surface area contributed by atoms with Gasteiger partial charge in [0.15, 0.2) is 0 Å². The van der Waals surface area contributed by atoms with Gasteiger partial charge in [0.25, 0.3) is 0 Å². The molecular formula is C11H18N2O2. The molecule has 0 radical (unpaired) electrons. The highest BCUT2D eigenvalue weighted by atomic mass is 16.5. The molecule has 0 amide bonds. The van der Waals surface area contributed by atoms with Crippen LogP contribution in [-0.4, -0.2) is 23.9 Å². The third kappa shape index (κ3) is 2.21. The number of hydrogen-bond donors (Lipinski definition) is 1. The second kappa shape index (κ2) is 4.33. The topological polar surface area (TPSA) is 47.3 Å². The Kier molecular flexibility index (Phi) is 3.07. The van der Waals surface area contributed by atoms with E-state index in [2.05, 4.69) is 17.4 Å². The Balaban J connectivity index is 1.93. The minimum Gasteiger partial charge on any atom is -0.377 e. The van der Waals surface area contributed by atoms with E-state index in [1.165, 1.54) is 5.56 Å². The van der Waals surface area contributed by atoms with Gasteiger partial charge in [-0.3, -0.25) is 0 Å². The van der Waals surface area contributed by atoms with Crippen LogP contribution in [0.2, 0.25) is 0 Å². The largest absolute Gasteiger partial charge is 0.377 e.